The van der Waals surface area contributed by atoms with Crippen molar-refractivity contribution >= 4 is 23.5 Å². The van der Waals surface area contributed by atoms with E-state index in [1.54, 1.807) is 13.8 Å². The number of furan rings is 1. The molecule has 0 aliphatic rings. The zero-order valence-electron chi connectivity index (χ0n) is 10.3. The predicted molar refractivity (Wildman–Crippen MR) is 66.7 cm³/mol. The Kier molecular flexibility index (Phi) is 4.78. The molecule has 18 heavy (non-hydrogen) atoms. The minimum Gasteiger partial charge on any atom is -0.481 e. The first kappa shape index (κ1) is 14.6. The molecule has 0 unspecified atom stereocenters. The molecule has 5 nitrogen and oxygen atoms in total. The average Bonchev–Trinajstić information content (AvgIpc) is 2.77. The Morgan fingerprint density at radius 1 is 1.39 bits per heavy atom. The zero-order valence-corrected chi connectivity index (χ0v) is 11.1. The molecule has 1 heterocycles. The van der Waals surface area contributed by atoms with E-state index in [4.69, 9.17) is 16.0 Å². The van der Waals surface area contributed by atoms with Gasteiger partial charge in [0.2, 0.25) is 0 Å². The number of halogens is 1. The number of carbonyl (C=O) groups excluding carboxylic acids is 1. The minimum absolute atomic E-state index is 0.0620. The largest absolute Gasteiger partial charge is 0.481 e. The lowest BCUT2D eigenvalue weighted by Gasteiger charge is -2.26. The molecule has 1 aromatic heterocycles. The second-order valence-electron chi connectivity index (χ2n) is 4.08. The van der Waals surface area contributed by atoms with Gasteiger partial charge in [-0.3, -0.25) is 9.59 Å². The fraction of sp³-hybridized carbons (Fsp3) is 0.500. The number of hydrogen-bond donors (Lipinski definition) is 2. The first-order valence-electron chi connectivity index (χ1n) is 5.72. The molecule has 0 aromatic carbocycles. The molecule has 0 atom stereocenters. The van der Waals surface area contributed by atoms with E-state index in [0.29, 0.717) is 12.8 Å². The molecule has 1 amide bonds. The molecule has 0 radical (unpaired) electrons. The molecule has 0 aliphatic heterocycles. The topological polar surface area (TPSA) is 79.5 Å². The predicted octanol–water partition coefficient (Wildman–Crippen LogP) is 2.55. The number of nitrogens with one attached hydrogen (secondary N) is 1. The highest BCUT2D eigenvalue weighted by atomic mass is 35.5. The summed E-state index contributed by atoms with van der Waals surface area (Å²) in [7, 11) is 0. The van der Waals surface area contributed by atoms with Crippen LogP contribution in [0.15, 0.2) is 16.5 Å². The summed E-state index contributed by atoms with van der Waals surface area (Å²) in [5.74, 6) is -1.30. The van der Waals surface area contributed by atoms with Crippen LogP contribution in [0.1, 0.15) is 37.2 Å². The Morgan fingerprint density at radius 3 is 2.39 bits per heavy atom. The van der Waals surface area contributed by atoms with Gasteiger partial charge in [0.25, 0.3) is 5.91 Å². The third-order valence-corrected chi connectivity index (χ3v) is 3.39. The summed E-state index contributed by atoms with van der Waals surface area (Å²) >= 11 is 5.56. The highest BCUT2D eigenvalue weighted by Crippen LogP contribution is 2.25. The van der Waals surface area contributed by atoms with E-state index < -0.39 is 17.3 Å². The van der Waals surface area contributed by atoms with E-state index in [9.17, 15) is 14.7 Å². The standard InChI is InChI=1S/C12H16ClNO4/c1-3-12(4-2,11(16)17)7-14-10(15)8-5-6-9(13)18-8/h5-6H,3-4,7H2,1-2H3,(H,14,15)(H,16,17). The van der Waals surface area contributed by atoms with Crippen LogP contribution in [0, 0.1) is 5.41 Å². The van der Waals surface area contributed by atoms with Gasteiger partial charge in [-0.1, -0.05) is 13.8 Å². The van der Waals surface area contributed by atoms with Crippen LogP contribution in [0.2, 0.25) is 5.22 Å². The maximum Gasteiger partial charge on any atom is 0.311 e. The fourth-order valence-electron chi connectivity index (χ4n) is 1.65. The number of carboxylic acid groups (broad SMARTS) is 1. The number of rotatable bonds is 6. The molecule has 1 rings (SSSR count). The van der Waals surface area contributed by atoms with Gasteiger partial charge in [0.05, 0.1) is 5.41 Å². The molecule has 0 saturated carbocycles. The summed E-state index contributed by atoms with van der Waals surface area (Å²) in [5.41, 5.74) is -0.938. The molecule has 6 heteroatoms. The van der Waals surface area contributed by atoms with E-state index in [1.807, 2.05) is 0 Å². The van der Waals surface area contributed by atoms with Gasteiger partial charge in [-0.05, 0) is 36.6 Å². The number of amides is 1. The Bertz CT molecular complexity index is 437. The SMILES string of the molecule is CCC(CC)(CNC(=O)c1ccc(Cl)o1)C(=O)O. The third kappa shape index (κ3) is 3.04. The molecule has 0 bridgehead atoms. The molecule has 0 spiro atoms. The summed E-state index contributed by atoms with van der Waals surface area (Å²) in [6.45, 7) is 3.63. The van der Waals surface area contributed by atoms with Gasteiger partial charge in [0.1, 0.15) is 0 Å². The molecule has 1 aromatic rings. The smallest absolute Gasteiger partial charge is 0.311 e. The lowest BCUT2D eigenvalue weighted by atomic mass is 9.82. The summed E-state index contributed by atoms with van der Waals surface area (Å²) in [5, 5.41) is 11.9. The lowest BCUT2D eigenvalue weighted by molar-refractivity contribution is -0.149. The van der Waals surface area contributed by atoms with Gasteiger partial charge in [0, 0.05) is 6.54 Å². The first-order chi connectivity index (χ1) is 8.45. The monoisotopic (exact) mass is 273 g/mol. The van der Waals surface area contributed by atoms with Gasteiger partial charge < -0.3 is 14.8 Å². The van der Waals surface area contributed by atoms with Crippen molar-refractivity contribution in [2.45, 2.75) is 26.7 Å². The molecule has 0 fully saturated rings. The summed E-state index contributed by atoms with van der Waals surface area (Å²) in [4.78, 5) is 22.9. The Hall–Kier alpha value is -1.49. The van der Waals surface area contributed by atoms with Crippen molar-refractivity contribution in [3.05, 3.63) is 23.1 Å². The van der Waals surface area contributed by atoms with Crippen molar-refractivity contribution in [2.24, 2.45) is 5.41 Å². The van der Waals surface area contributed by atoms with Gasteiger partial charge >= 0.3 is 5.97 Å². The Morgan fingerprint density at radius 2 is 2.00 bits per heavy atom. The van der Waals surface area contributed by atoms with Crippen molar-refractivity contribution in [3.8, 4) is 0 Å². The highest BCUT2D eigenvalue weighted by Gasteiger charge is 2.35. The zero-order chi connectivity index (χ0) is 13.8. The third-order valence-electron chi connectivity index (χ3n) is 3.19. The van der Waals surface area contributed by atoms with Crippen LogP contribution in [0.25, 0.3) is 0 Å². The van der Waals surface area contributed by atoms with Gasteiger partial charge in [-0.15, -0.1) is 0 Å². The van der Waals surface area contributed by atoms with Crippen LogP contribution in [-0.4, -0.2) is 23.5 Å². The molecule has 2 N–H and O–H groups in total. The fourth-order valence-corrected chi connectivity index (χ4v) is 1.80. The molecule has 0 aliphatic carbocycles. The van der Waals surface area contributed by atoms with Crippen LogP contribution in [0.3, 0.4) is 0 Å². The van der Waals surface area contributed by atoms with E-state index >= 15 is 0 Å². The Balaban J connectivity index is 2.69. The minimum atomic E-state index is -0.938. The Labute approximate surface area is 110 Å². The summed E-state index contributed by atoms with van der Waals surface area (Å²) in [6, 6.07) is 2.90. The van der Waals surface area contributed by atoms with Crippen LogP contribution in [0.4, 0.5) is 0 Å². The van der Waals surface area contributed by atoms with Crippen LogP contribution in [0.5, 0.6) is 0 Å². The molecular formula is C12H16ClNO4. The van der Waals surface area contributed by atoms with E-state index in [2.05, 4.69) is 5.32 Å². The van der Waals surface area contributed by atoms with Gasteiger partial charge in [-0.25, -0.2) is 0 Å². The average molecular weight is 274 g/mol. The highest BCUT2D eigenvalue weighted by molar-refractivity contribution is 6.29. The summed E-state index contributed by atoms with van der Waals surface area (Å²) in [6.07, 6.45) is 0.885. The first-order valence-corrected chi connectivity index (χ1v) is 6.10. The quantitative estimate of drug-likeness (QED) is 0.835. The van der Waals surface area contributed by atoms with Crippen molar-refractivity contribution in [3.63, 3.8) is 0 Å². The lowest BCUT2D eigenvalue weighted by Crippen LogP contribution is -2.42. The molecular weight excluding hydrogens is 258 g/mol. The van der Waals surface area contributed by atoms with Crippen LogP contribution < -0.4 is 5.32 Å². The van der Waals surface area contributed by atoms with Crippen molar-refractivity contribution in [2.75, 3.05) is 6.54 Å². The second-order valence-corrected chi connectivity index (χ2v) is 4.45. The number of hydrogen-bond acceptors (Lipinski definition) is 3. The molecule has 100 valence electrons. The van der Waals surface area contributed by atoms with E-state index in [0.717, 1.165) is 0 Å². The summed E-state index contributed by atoms with van der Waals surface area (Å²) < 4.78 is 4.94. The number of aliphatic carboxylic acids is 1. The maximum atomic E-state index is 11.7. The van der Waals surface area contributed by atoms with Crippen LogP contribution in [-0.2, 0) is 4.79 Å². The van der Waals surface area contributed by atoms with Crippen molar-refractivity contribution < 1.29 is 19.1 Å². The van der Waals surface area contributed by atoms with Gasteiger partial charge in [-0.2, -0.15) is 0 Å². The molecule has 0 saturated heterocycles. The van der Waals surface area contributed by atoms with Crippen LogP contribution >= 0.6 is 11.6 Å². The van der Waals surface area contributed by atoms with Crippen molar-refractivity contribution in [1.82, 2.24) is 5.32 Å². The number of carboxylic acids is 1. The van der Waals surface area contributed by atoms with E-state index in [-0.39, 0.29) is 17.5 Å². The normalized spacial score (nSPS) is 11.3. The van der Waals surface area contributed by atoms with Crippen molar-refractivity contribution in [1.29, 1.82) is 0 Å². The van der Waals surface area contributed by atoms with E-state index in [1.165, 1.54) is 12.1 Å². The second kappa shape index (κ2) is 5.91. The maximum absolute atomic E-state index is 11.7. The number of carbonyl (C=O) groups is 2. The van der Waals surface area contributed by atoms with Gasteiger partial charge in [0.15, 0.2) is 11.0 Å².